The van der Waals surface area contributed by atoms with E-state index in [-0.39, 0.29) is 12.2 Å². The van der Waals surface area contributed by atoms with Crippen LogP contribution in [0.5, 0.6) is 5.75 Å². The lowest BCUT2D eigenvalue weighted by Crippen LogP contribution is -2.23. The Morgan fingerprint density at radius 2 is 2.20 bits per heavy atom. The predicted octanol–water partition coefficient (Wildman–Crippen LogP) is 0.563. The number of hydrogen-bond donors (Lipinski definition) is 1. The molecule has 20 heavy (non-hydrogen) atoms. The number of nitrogens with zero attached hydrogens (tertiary/aromatic N) is 2. The summed E-state index contributed by atoms with van der Waals surface area (Å²) in [7, 11) is 1.60. The summed E-state index contributed by atoms with van der Waals surface area (Å²) in [6, 6.07) is 3.50. The van der Waals surface area contributed by atoms with Crippen molar-refractivity contribution in [3.63, 3.8) is 0 Å². The second-order valence-corrected chi connectivity index (χ2v) is 4.36. The normalized spacial score (nSPS) is 10.9. The van der Waals surface area contributed by atoms with E-state index in [1.807, 2.05) is 0 Å². The van der Waals surface area contributed by atoms with Crippen molar-refractivity contribution in [1.29, 1.82) is 0 Å². The smallest absolute Gasteiger partial charge is 0.261 e. The maximum absolute atomic E-state index is 12.4. The molecule has 0 saturated carbocycles. The lowest BCUT2D eigenvalue weighted by Gasteiger charge is -2.11. The Balaban J connectivity index is 2.50. The summed E-state index contributed by atoms with van der Waals surface area (Å²) in [5, 5.41) is 9.02. The first kappa shape index (κ1) is 14.5. The van der Waals surface area contributed by atoms with E-state index in [4.69, 9.17) is 14.6 Å². The second-order valence-electron chi connectivity index (χ2n) is 4.36. The number of methoxy groups -OCH3 is 1. The van der Waals surface area contributed by atoms with E-state index in [2.05, 4.69) is 4.98 Å². The summed E-state index contributed by atoms with van der Waals surface area (Å²) in [5.74, 6) is 0.542. The molecule has 6 nitrogen and oxygen atoms in total. The summed E-state index contributed by atoms with van der Waals surface area (Å²) in [4.78, 5) is 16.8. The van der Waals surface area contributed by atoms with Gasteiger partial charge < -0.3 is 14.6 Å². The third-order valence-corrected chi connectivity index (χ3v) is 3.03. The quantitative estimate of drug-likeness (QED) is 0.782. The molecule has 0 aromatic carbocycles. The molecule has 0 fully saturated rings. The number of aliphatic hydroxyl groups excluding tert-OH is 1. The monoisotopic (exact) mass is 278 g/mol. The number of rotatable bonds is 6. The molecular formula is C14H18N2O4. The zero-order valence-corrected chi connectivity index (χ0v) is 11.6. The molecule has 1 N–H and O–H groups in total. The number of pyridine rings is 1. The third-order valence-electron chi connectivity index (χ3n) is 3.03. The highest BCUT2D eigenvalue weighted by Crippen LogP contribution is 2.17. The van der Waals surface area contributed by atoms with Crippen molar-refractivity contribution in [3.8, 4) is 5.75 Å². The summed E-state index contributed by atoms with van der Waals surface area (Å²) >= 11 is 0. The van der Waals surface area contributed by atoms with Gasteiger partial charge in [0.25, 0.3) is 5.56 Å². The van der Waals surface area contributed by atoms with E-state index >= 15 is 0 Å². The average molecular weight is 278 g/mol. The van der Waals surface area contributed by atoms with Crippen molar-refractivity contribution in [2.24, 2.45) is 0 Å². The number of aromatic nitrogens is 2. The third kappa shape index (κ3) is 2.81. The molecule has 2 aromatic heterocycles. The van der Waals surface area contributed by atoms with Gasteiger partial charge in [-0.1, -0.05) is 0 Å². The molecule has 0 unspecified atom stereocenters. The number of aliphatic hydroxyl groups is 1. The van der Waals surface area contributed by atoms with Crippen molar-refractivity contribution in [3.05, 3.63) is 39.9 Å². The van der Waals surface area contributed by atoms with Crippen LogP contribution in [-0.4, -0.2) is 41.4 Å². The van der Waals surface area contributed by atoms with Crippen LogP contribution in [0.15, 0.2) is 23.1 Å². The van der Waals surface area contributed by atoms with Gasteiger partial charge in [0, 0.05) is 37.6 Å². The summed E-state index contributed by atoms with van der Waals surface area (Å²) in [6.07, 6.45) is 1.95. The van der Waals surface area contributed by atoms with Gasteiger partial charge in [-0.15, -0.1) is 0 Å². The van der Waals surface area contributed by atoms with E-state index in [0.717, 1.165) is 0 Å². The van der Waals surface area contributed by atoms with Crippen LogP contribution >= 0.6 is 0 Å². The maximum Gasteiger partial charge on any atom is 0.261 e. The second kappa shape index (κ2) is 6.49. The van der Waals surface area contributed by atoms with Gasteiger partial charge >= 0.3 is 0 Å². The Bertz CT molecular complexity index is 651. The zero-order valence-electron chi connectivity index (χ0n) is 11.6. The van der Waals surface area contributed by atoms with Crippen LogP contribution in [0.1, 0.15) is 11.3 Å². The fraction of sp³-hybridized carbons (Fsp3) is 0.429. The molecular weight excluding hydrogens is 260 g/mol. The number of ether oxygens (including phenoxy) is 2. The van der Waals surface area contributed by atoms with Crippen molar-refractivity contribution in [2.75, 3.05) is 26.9 Å². The van der Waals surface area contributed by atoms with Crippen LogP contribution in [0.4, 0.5) is 0 Å². The van der Waals surface area contributed by atoms with Crippen molar-refractivity contribution < 1.29 is 14.6 Å². The van der Waals surface area contributed by atoms with E-state index in [0.29, 0.717) is 42.3 Å². The first-order valence-corrected chi connectivity index (χ1v) is 6.42. The molecule has 0 aliphatic rings. The Kier molecular flexibility index (Phi) is 4.70. The minimum absolute atomic E-state index is 0.0755. The molecule has 0 aliphatic heterocycles. The minimum Gasteiger partial charge on any atom is -0.487 e. The molecule has 108 valence electrons. The van der Waals surface area contributed by atoms with Crippen LogP contribution in [0.3, 0.4) is 0 Å². The molecule has 0 spiro atoms. The maximum atomic E-state index is 12.4. The molecule has 0 atom stereocenters. The molecule has 0 saturated heterocycles. The van der Waals surface area contributed by atoms with Gasteiger partial charge in [0.15, 0.2) is 11.4 Å². The summed E-state index contributed by atoms with van der Waals surface area (Å²) < 4.78 is 11.9. The van der Waals surface area contributed by atoms with Crippen LogP contribution in [-0.2, 0) is 11.2 Å². The van der Waals surface area contributed by atoms with Gasteiger partial charge in [0.2, 0.25) is 0 Å². The van der Waals surface area contributed by atoms with Gasteiger partial charge in [0.05, 0.1) is 6.61 Å². The van der Waals surface area contributed by atoms with Gasteiger partial charge in [-0.3, -0.25) is 9.20 Å². The SMILES string of the molecule is COCCOc1cccn2c(=O)c(CCO)c(C)nc12. The molecule has 2 aromatic rings. The molecule has 6 heteroatoms. The minimum atomic E-state index is -0.168. The van der Waals surface area contributed by atoms with Crippen molar-refractivity contribution >= 4 is 5.65 Å². The first-order valence-electron chi connectivity index (χ1n) is 6.42. The van der Waals surface area contributed by atoms with E-state index in [1.54, 1.807) is 32.4 Å². The molecule has 2 rings (SSSR count). The average Bonchev–Trinajstić information content (AvgIpc) is 2.44. The Hall–Kier alpha value is -1.92. The Labute approximate surface area is 116 Å². The molecule has 0 bridgehead atoms. The number of aryl methyl sites for hydroxylation is 1. The highest BCUT2D eigenvalue weighted by Gasteiger charge is 2.12. The number of hydrogen-bond acceptors (Lipinski definition) is 5. The van der Waals surface area contributed by atoms with Crippen LogP contribution in [0.2, 0.25) is 0 Å². The standard InChI is InChI=1S/C14H18N2O4/c1-10-11(5-7-17)14(18)16-6-3-4-12(13(16)15-10)20-9-8-19-2/h3-4,6,17H,5,7-9H2,1-2H3. The van der Waals surface area contributed by atoms with Crippen LogP contribution in [0, 0.1) is 6.92 Å². The van der Waals surface area contributed by atoms with Crippen LogP contribution in [0.25, 0.3) is 5.65 Å². The zero-order chi connectivity index (χ0) is 14.5. The van der Waals surface area contributed by atoms with Gasteiger partial charge in [-0.2, -0.15) is 0 Å². The van der Waals surface area contributed by atoms with Crippen LogP contribution < -0.4 is 10.3 Å². The largest absolute Gasteiger partial charge is 0.487 e. The summed E-state index contributed by atoms with van der Waals surface area (Å²) in [5.41, 5.74) is 1.46. The Morgan fingerprint density at radius 1 is 1.40 bits per heavy atom. The van der Waals surface area contributed by atoms with Gasteiger partial charge in [0.1, 0.15) is 6.61 Å². The van der Waals surface area contributed by atoms with Gasteiger partial charge in [-0.25, -0.2) is 4.98 Å². The van der Waals surface area contributed by atoms with Crippen molar-refractivity contribution in [1.82, 2.24) is 9.38 Å². The highest BCUT2D eigenvalue weighted by atomic mass is 16.5. The molecule has 0 amide bonds. The highest BCUT2D eigenvalue weighted by molar-refractivity contribution is 5.54. The Morgan fingerprint density at radius 3 is 2.90 bits per heavy atom. The lowest BCUT2D eigenvalue weighted by molar-refractivity contribution is 0.147. The molecule has 0 radical (unpaired) electrons. The molecule has 0 aliphatic carbocycles. The van der Waals surface area contributed by atoms with Gasteiger partial charge in [-0.05, 0) is 19.1 Å². The summed E-state index contributed by atoms with van der Waals surface area (Å²) in [6.45, 7) is 2.54. The topological polar surface area (TPSA) is 73.1 Å². The van der Waals surface area contributed by atoms with E-state index in [1.165, 1.54) is 4.40 Å². The molecule has 2 heterocycles. The number of fused-ring (bicyclic) bond motifs is 1. The van der Waals surface area contributed by atoms with E-state index in [9.17, 15) is 4.79 Å². The predicted molar refractivity (Wildman–Crippen MR) is 74.4 cm³/mol. The van der Waals surface area contributed by atoms with Crippen molar-refractivity contribution in [2.45, 2.75) is 13.3 Å². The first-order chi connectivity index (χ1) is 9.69. The fourth-order valence-corrected chi connectivity index (χ4v) is 2.03. The lowest BCUT2D eigenvalue weighted by atomic mass is 10.2. The van der Waals surface area contributed by atoms with E-state index < -0.39 is 0 Å². The fourth-order valence-electron chi connectivity index (χ4n) is 2.03.